The van der Waals surface area contributed by atoms with Crippen LogP contribution < -0.4 is 0 Å². The van der Waals surface area contributed by atoms with Gasteiger partial charge in [-0.1, -0.05) is 21.1 Å². The summed E-state index contributed by atoms with van der Waals surface area (Å²) in [5.74, 6) is -1.02. The number of carbonyl (C=O) groups is 2. The standard InChI is InChI=1S/C5H6BrNO4/c6-2-4(1-5(9)10)7-11-3-8/h3H,1-2H2,(H,9,10)/b7-4+. The van der Waals surface area contributed by atoms with Crippen LogP contribution in [0.25, 0.3) is 0 Å². The zero-order valence-corrected chi connectivity index (χ0v) is 7.07. The maximum atomic E-state index is 10.1. The number of carboxylic acid groups (broad SMARTS) is 1. The van der Waals surface area contributed by atoms with E-state index in [1.165, 1.54) is 0 Å². The first kappa shape index (κ1) is 10.1. The number of carboxylic acids is 1. The first-order chi connectivity index (χ1) is 5.20. The van der Waals surface area contributed by atoms with E-state index in [1.54, 1.807) is 0 Å². The molecule has 1 N–H and O–H groups in total. The van der Waals surface area contributed by atoms with Crippen LogP contribution >= 0.6 is 15.9 Å². The van der Waals surface area contributed by atoms with Gasteiger partial charge in [0.1, 0.15) is 0 Å². The maximum absolute atomic E-state index is 10.1. The van der Waals surface area contributed by atoms with Crippen LogP contribution in [-0.4, -0.2) is 28.6 Å². The number of alkyl halides is 1. The number of oxime groups is 1. The molecular weight excluding hydrogens is 218 g/mol. The number of aliphatic carboxylic acids is 1. The summed E-state index contributed by atoms with van der Waals surface area (Å²) in [6, 6.07) is 0. The molecule has 0 aromatic carbocycles. The van der Waals surface area contributed by atoms with E-state index in [0.29, 0.717) is 0 Å². The van der Waals surface area contributed by atoms with E-state index in [-0.39, 0.29) is 23.9 Å². The third-order valence-electron chi connectivity index (χ3n) is 0.734. The number of rotatable bonds is 5. The summed E-state index contributed by atoms with van der Waals surface area (Å²) < 4.78 is 0. The lowest BCUT2D eigenvalue weighted by Gasteiger charge is -1.94. The Bertz CT molecular complexity index is 179. The van der Waals surface area contributed by atoms with Crippen molar-refractivity contribution in [1.29, 1.82) is 0 Å². The van der Waals surface area contributed by atoms with Gasteiger partial charge < -0.3 is 9.94 Å². The second-order valence-corrected chi connectivity index (χ2v) is 2.12. The molecule has 0 bridgehead atoms. The zero-order chi connectivity index (χ0) is 8.69. The van der Waals surface area contributed by atoms with Crippen molar-refractivity contribution in [3.05, 3.63) is 0 Å². The minimum Gasteiger partial charge on any atom is -0.481 e. The zero-order valence-electron chi connectivity index (χ0n) is 5.49. The number of hydrogen-bond donors (Lipinski definition) is 1. The summed E-state index contributed by atoms with van der Waals surface area (Å²) in [5, 5.41) is 11.8. The number of hydrogen-bond acceptors (Lipinski definition) is 4. The van der Waals surface area contributed by atoms with E-state index in [0.717, 1.165) is 0 Å². The van der Waals surface area contributed by atoms with E-state index in [4.69, 9.17) is 5.11 Å². The first-order valence-electron chi connectivity index (χ1n) is 2.63. The van der Waals surface area contributed by atoms with Crippen molar-refractivity contribution >= 4 is 34.1 Å². The Hall–Kier alpha value is -0.910. The molecule has 0 aromatic heterocycles. The summed E-state index contributed by atoms with van der Waals surface area (Å²) in [6.45, 7) is 0.129. The van der Waals surface area contributed by atoms with Crippen molar-refractivity contribution in [1.82, 2.24) is 0 Å². The fourth-order valence-electron chi connectivity index (χ4n) is 0.375. The van der Waals surface area contributed by atoms with Crippen LogP contribution in [0.15, 0.2) is 5.16 Å². The summed E-state index contributed by atoms with van der Waals surface area (Å²) in [7, 11) is 0. The van der Waals surface area contributed by atoms with Crippen LogP contribution in [0.5, 0.6) is 0 Å². The van der Waals surface area contributed by atoms with Crippen molar-refractivity contribution in [3.63, 3.8) is 0 Å². The van der Waals surface area contributed by atoms with Gasteiger partial charge in [0.25, 0.3) is 0 Å². The highest BCUT2D eigenvalue weighted by molar-refractivity contribution is 9.09. The lowest BCUT2D eigenvalue weighted by atomic mass is 10.3. The van der Waals surface area contributed by atoms with Gasteiger partial charge >= 0.3 is 12.4 Å². The van der Waals surface area contributed by atoms with Gasteiger partial charge in [0.2, 0.25) is 0 Å². The fourth-order valence-corrected chi connectivity index (χ4v) is 0.675. The van der Waals surface area contributed by atoms with Crippen molar-refractivity contribution in [2.75, 3.05) is 5.33 Å². The highest BCUT2D eigenvalue weighted by Gasteiger charge is 2.04. The molecule has 0 aliphatic rings. The Morgan fingerprint density at radius 3 is 2.73 bits per heavy atom. The van der Waals surface area contributed by atoms with Gasteiger partial charge in [-0.05, 0) is 0 Å². The third kappa shape index (κ3) is 5.53. The Kier molecular flexibility index (Phi) is 5.36. The molecule has 6 heteroatoms. The van der Waals surface area contributed by atoms with Gasteiger partial charge in [-0.25, -0.2) is 0 Å². The Morgan fingerprint density at radius 1 is 1.73 bits per heavy atom. The van der Waals surface area contributed by atoms with Crippen LogP contribution in [-0.2, 0) is 14.4 Å². The predicted molar refractivity (Wildman–Crippen MR) is 40.6 cm³/mol. The molecule has 11 heavy (non-hydrogen) atoms. The molecule has 0 spiro atoms. The molecule has 0 heterocycles. The number of carbonyl (C=O) groups excluding carboxylic acids is 1. The SMILES string of the molecule is O=CO/N=C(/CBr)CC(=O)O. The van der Waals surface area contributed by atoms with E-state index in [1.807, 2.05) is 0 Å². The molecule has 0 amide bonds. The van der Waals surface area contributed by atoms with Crippen LogP contribution in [0.1, 0.15) is 6.42 Å². The lowest BCUT2D eigenvalue weighted by Crippen LogP contribution is -2.08. The molecule has 0 fully saturated rings. The van der Waals surface area contributed by atoms with Gasteiger partial charge in [0, 0.05) is 5.33 Å². The molecule has 0 unspecified atom stereocenters. The Labute approximate surface area is 71.1 Å². The summed E-state index contributed by atoms with van der Waals surface area (Å²) >= 11 is 2.98. The average Bonchev–Trinajstić information content (AvgIpc) is 1.97. The molecule has 0 radical (unpaired) electrons. The fraction of sp³-hybridized carbons (Fsp3) is 0.400. The minimum atomic E-state index is -1.02. The minimum absolute atomic E-state index is 0.129. The van der Waals surface area contributed by atoms with Crippen molar-refractivity contribution < 1.29 is 19.5 Å². The molecule has 0 atom stereocenters. The summed E-state index contributed by atoms with van der Waals surface area (Å²) in [6.07, 6.45) is -0.237. The van der Waals surface area contributed by atoms with Gasteiger partial charge in [-0.2, -0.15) is 0 Å². The van der Waals surface area contributed by atoms with Crippen molar-refractivity contribution in [2.45, 2.75) is 6.42 Å². The molecule has 0 rings (SSSR count). The number of halogens is 1. The second kappa shape index (κ2) is 5.84. The highest BCUT2D eigenvalue weighted by Crippen LogP contribution is 1.93. The molecule has 5 nitrogen and oxygen atoms in total. The smallest absolute Gasteiger partial charge is 0.323 e. The lowest BCUT2D eigenvalue weighted by molar-refractivity contribution is -0.136. The quantitative estimate of drug-likeness (QED) is 0.241. The summed E-state index contributed by atoms with van der Waals surface area (Å²) in [4.78, 5) is 23.7. The van der Waals surface area contributed by atoms with Crippen molar-refractivity contribution in [2.24, 2.45) is 5.16 Å². The van der Waals surface area contributed by atoms with Crippen LogP contribution in [0, 0.1) is 0 Å². The van der Waals surface area contributed by atoms with Gasteiger partial charge in [-0.3, -0.25) is 9.59 Å². The third-order valence-corrected chi connectivity index (χ3v) is 1.38. The molecule has 0 aliphatic heterocycles. The van der Waals surface area contributed by atoms with Gasteiger partial charge in [-0.15, -0.1) is 0 Å². The maximum Gasteiger partial charge on any atom is 0.323 e. The molecule has 0 aromatic rings. The van der Waals surface area contributed by atoms with Crippen molar-refractivity contribution in [3.8, 4) is 0 Å². The monoisotopic (exact) mass is 223 g/mol. The largest absolute Gasteiger partial charge is 0.481 e. The van der Waals surface area contributed by atoms with Crippen LogP contribution in [0.4, 0.5) is 0 Å². The van der Waals surface area contributed by atoms with E-state index < -0.39 is 5.97 Å². The molecule has 0 saturated heterocycles. The van der Waals surface area contributed by atoms with E-state index in [9.17, 15) is 9.59 Å². The Morgan fingerprint density at radius 2 is 2.36 bits per heavy atom. The summed E-state index contributed by atoms with van der Waals surface area (Å²) in [5.41, 5.74) is 0.254. The first-order valence-corrected chi connectivity index (χ1v) is 3.75. The Balaban J connectivity index is 3.92. The highest BCUT2D eigenvalue weighted by atomic mass is 79.9. The van der Waals surface area contributed by atoms with Crippen LogP contribution in [0.3, 0.4) is 0 Å². The average molecular weight is 224 g/mol. The van der Waals surface area contributed by atoms with Crippen LogP contribution in [0.2, 0.25) is 0 Å². The topological polar surface area (TPSA) is 76.0 Å². The second-order valence-electron chi connectivity index (χ2n) is 1.56. The predicted octanol–water partition coefficient (Wildman–Crippen LogP) is 0.385. The molecular formula is C5H6BrNO4. The van der Waals surface area contributed by atoms with Gasteiger partial charge in [0.15, 0.2) is 0 Å². The molecule has 0 aliphatic carbocycles. The van der Waals surface area contributed by atoms with Gasteiger partial charge in [0.05, 0.1) is 12.1 Å². The van der Waals surface area contributed by atoms with E-state index in [2.05, 4.69) is 25.9 Å². The molecule has 62 valence electrons. The number of nitrogens with zero attached hydrogens (tertiary/aromatic N) is 1. The van der Waals surface area contributed by atoms with E-state index >= 15 is 0 Å². The normalized spacial score (nSPS) is 10.8. The molecule has 0 saturated carbocycles.